The maximum absolute atomic E-state index is 14.2. The van der Waals surface area contributed by atoms with Gasteiger partial charge >= 0.3 is 5.97 Å². The maximum atomic E-state index is 14.2. The molecule has 3 atom stereocenters. The van der Waals surface area contributed by atoms with Crippen molar-refractivity contribution in [1.82, 2.24) is 0 Å². The molecule has 178 valence electrons. The normalized spacial score (nSPS) is 22.4. The summed E-state index contributed by atoms with van der Waals surface area (Å²) in [7, 11) is 1.62. The lowest BCUT2D eigenvalue weighted by Gasteiger charge is -2.36. The van der Waals surface area contributed by atoms with Crippen LogP contribution in [-0.4, -0.2) is 31.2 Å². The summed E-state index contributed by atoms with van der Waals surface area (Å²) in [5.74, 6) is -1.37. The number of esters is 1. The molecule has 1 heterocycles. The average molecular weight is 464 g/mol. The van der Waals surface area contributed by atoms with E-state index >= 15 is 0 Å². The lowest BCUT2D eigenvalue weighted by atomic mass is 9.69. The van der Waals surface area contributed by atoms with E-state index in [4.69, 9.17) is 14.5 Å². The highest BCUT2D eigenvalue weighted by Gasteiger charge is 2.44. The summed E-state index contributed by atoms with van der Waals surface area (Å²) in [6.07, 6.45) is 0.879. The number of benzene rings is 2. The number of nitrogens with zero attached hydrogens (tertiary/aromatic N) is 1. The minimum atomic E-state index is -0.763. The van der Waals surface area contributed by atoms with E-state index in [-0.39, 0.29) is 24.2 Å². The van der Waals surface area contributed by atoms with Crippen LogP contribution in [0.4, 0.5) is 4.39 Å². The van der Waals surface area contributed by atoms with Crippen LogP contribution in [0.5, 0.6) is 5.75 Å². The van der Waals surface area contributed by atoms with Gasteiger partial charge in [0.2, 0.25) is 0 Å². The molecule has 6 heteroatoms. The molecular weight excluding hydrogens is 433 g/mol. The molecule has 5 nitrogen and oxygen atoms in total. The van der Waals surface area contributed by atoms with Crippen LogP contribution in [0.25, 0.3) is 0 Å². The van der Waals surface area contributed by atoms with Gasteiger partial charge in [0.15, 0.2) is 5.78 Å². The summed E-state index contributed by atoms with van der Waals surface area (Å²) in [6.45, 7) is 5.99. The Morgan fingerprint density at radius 1 is 1.12 bits per heavy atom. The smallest absolute Gasteiger partial charge is 0.315 e. The first kappa shape index (κ1) is 23.9. The molecule has 2 aromatic carbocycles. The Morgan fingerprint density at radius 2 is 1.85 bits per heavy atom. The van der Waals surface area contributed by atoms with Crippen molar-refractivity contribution in [1.29, 1.82) is 0 Å². The third-order valence-corrected chi connectivity index (χ3v) is 6.50. The van der Waals surface area contributed by atoms with E-state index < -0.39 is 23.6 Å². The highest BCUT2D eigenvalue weighted by molar-refractivity contribution is 6.09. The Morgan fingerprint density at radius 3 is 2.50 bits per heavy atom. The van der Waals surface area contributed by atoms with Crippen LogP contribution in [0.15, 0.2) is 64.8 Å². The molecular formula is C28H30FNO4. The summed E-state index contributed by atoms with van der Waals surface area (Å²) >= 11 is 0. The number of ketones is 1. The molecule has 0 aromatic heterocycles. The molecule has 0 N–H and O–H groups in total. The summed E-state index contributed by atoms with van der Waals surface area (Å²) in [5.41, 5.74) is 3.40. The van der Waals surface area contributed by atoms with E-state index in [0.717, 1.165) is 11.3 Å². The molecule has 4 rings (SSSR count). The topological polar surface area (TPSA) is 65.0 Å². The zero-order valence-corrected chi connectivity index (χ0v) is 20.0. The largest absolute Gasteiger partial charge is 0.497 e. The average Bonchev–Trinajstić information content (AvgIpc) is 2.81. The molecule has 0 saturated heterocycles. The third kappa shape index (κ3) is 4.81. The summed E-state index contributed by atoms with van der Waals surface area (Å²) < 4.78 is 25.0. The van der Waals surface area contributed by atoms with Crippen LogP contribution in [0, 0.1) is 17.7 Å². The van der Waals surface area contributed by atoms with E-state index in [1.807, 2.05) is 38.1 Å². The van der Waals surface area contributed by atoms with E-state index in [2.05, 4.69) is 0 Å². The van der Waals surface area contributed by atoms with Crippen LogP contribution in [0.3, 0.4) is 0 Å². The maximum Gasteiger partial charge on any atom is 0.315 e. The summed E-state index contributed by atoms with van der Waals surface area (Å²) in [6, 6.07) is 13.8. The van der Waals surface area contributed by atoms with Crippen molar-refractivity contribution in [2.45, 2.75) is 45.4 Å². The Hall–Kier alpha value is -3.28. The number of halogens is 1. The molecule has 2 aliphatic rings. The predicted octanol–water partition coefficient (Wildman–Crippen LogP) is 5.61. The van der Waals surface area contributed by atoms with Crippen LogP contribution >= 0.6 is 0 Å². The highest BCUT2D eigenvalue weighted by atomic mass is 19.1. The minimum absolute atomic E-state index is 0.0219. The van der Waals surface area contributed by atoms with Crippen molar-refractivity contribution in [2.75, 3.05) is 13.7 Å². The Labute approximate surface area is 199 Å². The van der Waals surface area contributed by atoms with Gasteiger partial charge in [-0.15, -0.1) is 0 Å². The van der Waals surface area contributed by atoms with E-state index in [0.29, 0.717) is 35.4 Å². The van der Waals surface area contributed by atoms with Crippen LogP contribution in [0.1, 0.15) is 56.6 Å². The zero-order chi connectivity index (χ0) is 24.4. The van der Waals surface area contributed by atoms with Crippen LogP contribution in [-0.2, 0) is 14.3 Å². The minimum Gasteiger partial charge on any atom is -0.497 e. The fourth-order valence-electron chi connectivity index (χ4n) is 4.88. The Bertz CT molecular complexity index is 1150. The number of hydrogen-bond donors (Lipinski definition) is 0. The molecule has 1 aliphatic heterocycles. The van der Waals surface area contributed by atoms with Gasteiger partial charge in [-0.2, -0.15) is 0 Å². The molecule has 0 saturated carbocycles. The lowest BCUT2D eigenvalue weighted by Crippen LogP contribution is -2.38. The van der Waals surface area contributed by atoms with Crippen LogP contribution < -0.4 is 4.74 Å². The SMILES string of the molecule is COc1ccc([C@@H]2CC(=O)C3=C(C2)N=C(C)C(C(=O)OCC(C)C)[C@H]3c2cccc(F)c2)cc1. The van der Waals surface area contributed by atoms with Gasteiger partial charge in [-0.25, -0.2) is 4.39 Å². The molecule has 0 amide bonds. The number of ether oxygens (including phenoxy) is 2. The van der Waals surface area contributed by atoms with Gasteiger partial charge in [0.05, 0.1) is 13.7 Å². The van der Waals surface area contributed by atoms with E-state index in [1.165, 1.54) is 12.1 Å². The van der Waals surface area contributed by atoms with Gasteiger partial charge in [-0.05, 0) is 60.6 Å². The fourth-order valence-corrected chi connectivity index (χ4v) is 4.88. The van der Waals surface area contributed by atoms with E-state index in [9.17, 15) is 14.0 Å². The van der Waals surface area contributed by atoms with Crippen molar-refractivity contribution < 1.29 is 23.5 Å². The molecule has 1 aliphatic carbocycles. The van der Waals surface area contributed by atoms with Crippen molar-refractivity contribution in [2.24, 2.45) is 16.8 Å². The summed E-state index contributed by atoms with van der Waals surface area (Å²) in [5, 5.41) is 0. The molecule has 34 heavy (non-hydrogen) atoms. The molecule has 0 fully saturated rings. The first-order valence-corrected chi connectivity index (χ1v) is 11.7. The Balaban J connectivity index is 1.74. The zero-order valence-electron chi connectivity index (χ0n) is 20.0. The first-order valence-electron chi connectivity index (χ1n) is 11.7. The number of rotatable bonds is 6. The van der Waals surface area contributed by atoms with Crippen molar-refractivity contribution in [3.63, 3.8) is 0 Å². The van der Waals surface area contributed by atoms with Crippen LogP contribution in [0.2, 0.25) is 0 Å². The standard InChI is InChI=1S/C28H30FNO4/c1-16(2)15-34-28(32)25-17(3)30-23-13-20(18-8-10-22(33-4)11-9-18)14-24(31)27(23)26(25)19-6-5-7-21(29)12-19/h5-12,16,20,25-26H,13-15H2,1-4H3/t20-,25?,26+/m0/s1. The predicted molar refractivity (Wildman–Crippen MR) is 129 cm³/mol. The molecule has 2 aromatic rings. The van der Waals surface area contributed by atoms with Crippen molar-refractivity contribution in [3.8, 4) is 5.75 Å². The summed E-state index contributed by atoms with van der Waals surface area (Å²) in [4.78, 5) is 31.5. The number of Topliss-reactive ketones (excluding diaryl/α,β-unsaturated/α-hetero) is 1. The number of hydrogen-bond acceptors (Lipinski definition) is 5. The Kier molecular flexibility index (Phi) is 6.96. The quantitative estimate of drug-likeness (QED) is 0.523. The number of carbonyl (C=O) groups excluding carboxylic acids is 2. The first-order chi connectivity index (χ1) is 16.3. The van der Waals surface area contributed by atoms with Gasteiger partial charge in [0.1, 0.15) is 17.5 Å². The number of methoxy groups -OCH3 is 1. The second-order valence-corrected chi connectivity index (χ2v) is 9.45. The molecule has 0 radical (unpaired) electrons. The van der Waals surface area contributed by atoms with Gasteiger partial charge in [0.25, 0.3) is 0 Å². The second-order valence-electron chi connectivity index (χ2n) is 9.45. The van der Waals surface area contributed by atoms with Gasteiger partial charge in [-0.3, -0.25) is 14.6 Å². The third-order valence-electron chi connectivity index (χ3n) is 6.50. The van der Waals surface area contributed by atoms with Gasteiger partial charge < -0.3 is 9.47 Å². The lowest BCUT2D eigenvalue weighted by molar-refractivity contribution is -0.147. The van der Waals surface area contributed by atoms with Crippen molar-refractivity contribution >= 4 is 17.5 Å². The number of aliphatic imine (C=N–C) groups is 1. The second kappa shape index (κ2) is 9.92. The van der Waals surface area contributed by atoms with Crippen molar-refractivity contribution in [3.05, 3.63) is 76.7 Å². The molecule has 1 unspecified atom stereocenters. The highest BCUT2D eigenvalue weighted by Crippen LogP contribution is 2.47. The molecule has 0 bridgehead atoms. The fraction of sp³-hybridized carbons (Fsp3) is 0.393. The molecule has 0 spiro atoms. The van der Waals surface area contributed by atoms with Gasteiger partial charge in [0, 0.05) is 29.3 Å². The van der Waals surface area contributed by atoms with Gasteiger partial charge in [-0.1, -0.05) is 38.1 Å². The van der Waals surface area contributed by atoms with E-state index in [1.54, 1.807) is 26.2 Å². The number of carbonyl (C=O) groups is 2. The monoisotopic (exact) mass is 463 g/mol. The number of allylic oxidation sites excluding steroid dienone is 2.